The fraction of sp³-hybridized carbons (Fsp3) is 0.200. The first kappa shape index (κ1) is 7.55. The molecule has 0 fully saturated rings. The molecule has 0 aromatic carbocycles. The lowest BCUT2D eigenvalue weighted by Crippen LogP contribution is -2.05. The van der Waals surface area contributed by atoms with Crippen molar-refractivity contribution in [1.82, 2.24) is 10.2 Å². The van der Waals surface area contributed by atoms with Crippen molar-refractivity contribution < 1.29 is 9.53 Å². The highest BCUT2D eigenvalue weighted by atomic mass is 16.5. The molecule has 0 aliphatic heterocycles. The molecular formula is C10H8N2O2. The molecule has 1 N–H and O–H groups in total. The molecule has 1 aromatic rings. The molecule has 0 amide bonds. The summed E-state index contributed by atoms with van der Waals surface area (Å²) >= 11 is 0. The molecule has 0 atom stereocenters. The molecule has 0 unspecified atom stereocenters. The number of benzene rings is 1. The van der Waals surface area contributed by atoms with Crippen LogP contribution in [0.4, 0.5) is 0 Å². The molecular weight excluding hydrogens is 180 g/mol. The molecule has 14 heavy (non-hydrogen) atoms. The predicted octanol–water partition coefficient (Wildman–Crippen LogP) is 1.72. The van der Waals surface area contributed by atoms with E-state index >= 15 is 0 Å². The van der Waals surface area contributed by atoms with Crippen LogP contribution in [0.15, 0.2) is 12.1 Å². The van der Waals surface area contributed by atoms with Crippen LogP contribution in [0.1, 0.15) is 17.4 Å². The van der Waals surface area contributed by atoms with E-state index in [1.54, 1.807) is 6.92 Å². The van der Waals surface area contributed by atoms with Gasteiger partial charge in [-0.1, -0.05) is 0 Å². The lowest BCUT2D eigenvalue weighted by molar-refractivity contribution is 0.0522. The number of hydrogen-bond acceptors (Lipinski definition) is 3. The number of hydrogen-bond donors (Lipinski definition) is 1. The molecule has 4 heteroatoms. The fourth-order valence-electron chi connectivity index (χ4n) is 1.69. The summed E-state index contributed by atoms with van der Waals surface area (Å²) in [5.74, 6) is -0.354. The highest BCUT2D eigenvalue weighted by molar-refractivity contribution is 6.15. The standard InChI is InChI=1S/C10H8N2O2/c1-2-14-10(13)9-8-6-3-5(6)4-7(8)11-12-9/h3-4H,2H2,1H3,(H,11,12). The van der Waals surface area contributed by atoms with Gasteiger partial charge in [0.2, 0.25) is 0 Å². The lowest BCUT2D eigenvalue weighted by atomic mass is 10.3. The first-order valence-corrected chi connectivity index (χ1v) is 4.51. The van der Waals surface area contributed by atoms with Gasteiger partial charge in [0.1, 0.15) is 0 Å². The van der Waals surface area contributed by atoms with Crippen LogP contribution in [0.2, 0.25) is 0 Å². The van der Waals surface area contributed by atoms with Gasteiger partial charge in [0.05, 0.1) is 12.1 Å². The van der Waals surface area contributed by atoms with Gasteiger partial charge in [-0.05, 0) is 30.2 Å². The molecule has 0 radical (unpaired) electrons. The fourth-order valence-corrected chi connectivity index (χ4v) is 1.69. The average molecular weight is 188 g/mol. The summed E-state index contributed by atoms with van der Waals surface area (Å²) in [6, 6.07) is 4.01. The number of H-pyrrole nitrogens is 1. The van der Waals surface area contributed by atoms with Gasteiger partial charge < -0.3 is 4.74 Å². The number of fused-ring (bicyclic) bond motifs is 3. The SMILES string of the molecule is CCOC(=O)c1n[nH]c2cc3cc-3c12. The largest absolute Gasteiger partial charge is 0.461 e. The number of aromatic nitrogens is 2. The zero-order valence-electron chi connectivity index (χ0n) is 7.63. The van der Waals surface area contributed by atoms with Crippen LogP contribution in [0, 0.1) is 0 Å². The summed E-state index contributed by atoms with van der Waals surface area (Å²) in [4.78, 5) is 11.5. The van der Waals surface area contributed by atoms with Crippen molar-refractivity contribution in [1.29, 1.82) is 0 Å². The number of rotatable bonds is 2. The predicted molar refractivity (Wildman–Crippen MR) is 51.0 cm³/mol. The van der Waals surface area contributed by atoms with E-state index in [1.807, 2.05) is 12.1 Å². The molecule has 0 spiro atoms. The van der Waals surface area contributed by atoms with E-state index in [4.69, 9.17) is 4.74 Å². The molecule has 1 aromatic heterocycles. The number of ether oxygens (including phenoxy) is 1. The van der Waals surface area contributed by atoms with Crippen LogP contribution in [0.3, 0.4) is 0 Å². The Labute approximate surface area is 79.9 Å². The van der Waals surface area contributed by atoms with Crippen LogP contribution in [0.25, 0.3) is 22.0 Å². The van der Waals surface area contributed by atoms with Crippen LogP contribution in [0.5, 0.6) is 0 Å². The molecule has 70 valence electrons. The van der Waals surface area contributed by atoms with Crippen molar-refractivity contribution in [3.63, 3.8) is 0 Å². The van der Waals surface area contributed by atoms with E-state index < -0.39 is 0 Å². The zero-order chi connectivity index (χ0) is 9.71. The number of carbonyl (C=O) groups excluding carboxylic acids is 1. The van der Waals surface area contributed by atoms with Crippen LogP contribution in [-0.4, -0.2) is 22.8 Å². The second-order valence-electron chi connectivity index (χ2n) is 3.24. The third kappa shape index (κ3) is 0.824. The first-order chi connectivity index (χ1) is 6.81. The topological polar surface area (TPSA) is 55.0 Å². The third-order valence-corrected chi connectivity index (χ3v) is 2.36. The number of nitrogens with zero attached hydrogens (tertiary/aromatic N) is 1. The normalized spacial score (nSPS) is 11.8. The highest BCUT2D eigenvalue weighted by Gasteiger charge is 2.26. The van der Waals surface area contributed by atoms with Crippen LogP contribution in [-0.2, 0) is 4.74 Å². The van der Waals surface area contributed by atoms with Gasteiger partial charge in [0.25, 0.3) is 0 Å². The Morgan fingerprint density at radius 2 is 2.43 bits per heavy atom. The maximum Gasteiger partial charge on any atom is 0.359 e. The monoisotopic (exact) mass is 188 g/mol. The summed E-state index contributed by atoms with van der Waals surface area (Å²) in [7, 11) is 0. The van der Waals surface area contributed by atoms with Crippen molar-refractivity contribution in [3.05, 3.63) is 17.8 Å². The smallest absolute Gasteiger partial charge is 0.359 e. The van der Waals surface area contributed by atoms with Crippen molar-refractivity contribution in [2.45, 2.75) is 6.92 Å². The van der Waals surface area contributed by atoms with Crippen molar-refractivity contribution >= 4 is 16.9 Å². The van der Waals surface area contributed by atoms with Gasteiger partial charge in [-0.25, -0.2) is 4.79 Å². The molecule has 3 rings (SSSR count). The molecule has 2 aliphatic carbocycles. The van der Waals surface area contributed by atoms with Gasteiger partial charge in [-0.2, -0.15) is 5.10 Å². The summed E-state index contributed by atoms with van der Waals surface area (Å²) in [6.45, 7) is 2.16. The Kier molecular flexibility index (Phi) is 1.27. The summed E-state index contributed by atoms with van der Waals surface area (Å²) in [6.07, 6.45) is 0. The van der Waals surface area contributed by atoms with E-state index in [-0.39, 0.29) is 5.97 Å². The molecule has 0 saturated carbocycles. The molecule has 4 nitrogen and oxygen atoms in total. The number of carbonyl (C=O) groups is 1. The summed E-state index contributed by atoms with van der Waals surface area (Å²) < 4.78 is 4.91. The van der Waals surface area contributed by atoms with Gasteiger partial charge in [-0.3, -0.25) is 5.10 Å². The first-order valence-electron chi connectivity index (χ1n) is 4.51. The minimum absolute atomic E-state index is 0.354. The Morgan fingerprint density at radius 1 is 1.57 bits per heavy atom. The van der Waals surface area contributed by atoms with Gasteiger partial charge in [0, 0.05) is 5.39 Å². The van der Waals surface area contributed by atoms with Gasteiger partial charge in [-0.15, -0.1) is 0 Å². The lowest BCUT2D eigenvalue weighted by Gasteiger charge is -1.96. The van der Waals surface area contributed by atoms with Gasteiger partial charge in [0.15, 0.2) is 5.69 Å². The second kappa shape index (κ2) is 2.35. The quantitative estimate of drug-likeness (QED) is 0.623. The Balaban J connectivity index is 2.13. The molecule has 0 bridgehead atoms. The maximum absolute atomic E-state index is 11.5. The maximum atomic E-state index is 11.5. The second-order valence-corrected chi connectivity index (χ2v) is 3.24. The Morgan fingerprint density at radius 3 is 3.21 bits per heavy atom. The third-order valence-electron chi connectivity index (χ3n) is 2.36. The van der Waals surface area contributed by atoms with Crippen molar-refractivity contribution in [2.24, 2.45) is 0 Å². The van der Waals surface area contributed by atoms with Gasteiger partial charge >= 0.3 is 5.97 Å². The summed E-state index contributed by atoms with van der Waals surface area (Å²) in [5.41, 5.74) is 3.63. The number of aromatic amines is 1. The zero-order valence-corrected chi connectivity index (χ0v) is 7.63. The van der Waals surface area contributed by atoms with E-state index in [0.717, 1.165) is 16.5 Å². The Hall–Kier alpha value is -1.84. The van der Waals surface area contributed by atoms with E-state index in [2.05, 4.69) is 10.2 Å². The van der Waals surface area contributed by atoms with Crippen LogP contribution >= 0.6 is 0 Å². The highest BCUT2D eigenvalue weighted by Crippen LogP contribution is 2.43. The molecule has 2 aliphatic rings. The minimum Gasteiger partial charge on any atom is -0.461 e. The van der Waals surface area contributed by atoms with E-state index in [1.165, 1.54) is 5.56 Å². The van der Waals surface area contributed by atoms with E-state index in [9.17, 15) is 4.79 Å². The van der Waals surface area contributed by atoms with E-state index in [0.29, 0.717) is 12.3 Å². The summed E-state index contributed by atoms with van der Waals surface area (Å²) in [5, 5.41) is 7.67. The van der Waals surface area contributed by atoms with Crippen LogP contribution < -0.4 is 0 Å². The average Bonchev–Trinajstić information content (AvgIpc) is 2.65. The number of nitrogens with one attached hydrogen (secondary N) is 1. The molecule has 1 heterocycles. The van der Waals surface area contributed by atoms with Crippen molar-refractivity contribution in [2.75, 3.05) is 6.61 Å². The minimum atomic E-state index is -0.354. The number of esters is 1. The van der Waals surface area contributed by atoms with Crippen molar-refractivity contribution in [3.8, 4) is 11.1 Å². The molecule has 0 saturated heterocycles. The Bertz CT molecular complexity index is 542.